The molecule has 0 aromatic heterocycles. The van der Waals surface area contributed by atoms with Crippen molar-refractivity contribution in [1.82, 2.24) is 10.2 Å². The van der Waals surface area contributed by atoms with Gasteiger partial charge in [0.1, 0.15) is 17.7 Å². The zero-order valence-electron chi connectivity index (χ0n) is 23.9. The minimum atomic E-state index is -0.951. The van der Waals surface area contributed by atoms with E-state index in [1.165, 1.54) is 4.90 Å². The molecule has 7 nitrogen and oxygen atoms in total. The predicted octanol–water partition coefficient (Wildman–Crippen LogP) is 5.89. The summed E-state index contributed by atoms with van der Waals surface area (Å²) in [5.41, 5.74) is 4.40. The molecule has 206 valence electrons. The highest BCUT2D eigenvalue weighted by molar-refractivity contribution is 5.99. The topological polar surface area (TPSA) is 87.7 Å². The second kappa shape index (κ2) is 12.6. The molecule has 2 atom stereocenters. The van der Waals surface area contributed by atoms with Crippen LogP contribution in [0.5, 0.6) is 0 Å². The van der Waals surface area contributed by atoms with Gasteiger partial charge in [0.2, 0.25) is 5.91 Å². The number of hydrogen-bond donors (Lipinski definition) is 2. The van der Waals surface area contributed by atoms with E-state index < -0.39 is 29.7 Å². The summed E-state index contributed by atoms with van der Waals surface area (Å²) in [7, 11) is 1.59. The van der Waals surface area contributed by atoms with Gasteiger partial charge in [-0.2, -0.15) is 0 Å². The summed E-state index contributed by atoms with van der Waals surface area (Å²) in [5, 5.41) is 5.78. The molecule has 39 heavy (non-hydrogen) atoms. The van der Waals surface area contributed by atoms with Gasteiger partial charge >= 0.3 is 6.09 Å². The molecule has 7 heteroatoms. The van der Waals surface area contributed by atoms with Gasteiger partial charge in [-0.05, 0) is 63.8 Å². The Bertz CT molecular complexity index is 1280. The van der Waals surface area contributed by atoms with Crippen molar-refractivity contribution in [2.75, 3.05) is 12.4 Å². The molecule has 2 unspecified atom stereocenters. The number of ether oxygens (including phenoxy) is 1. The number of carbonyl (C=O) groups is 3. The second-order valence-corrected chi connectivity index (χ2v) is 10.9. The van der Waals surface area contributed by atoms with Crippen LogP contribution in [0, 0.1) is 20.8 Å². The van der Waals surface area contributed by atoms with Gasteiger partial charge in [-0.25, -0.2) is 4.79 Å². The van der Waals surface area contributed by atoms with Crippen molar-refractivity contribution in [3.63, 3.8) is 0 Å². The molecule has 3 rings (SSSR count). The third-order valence-corrected chi connectivity index (χ3v) is 6.38. The van der Waals surface area contributed by atoms with Crippen molar-refractivity contribution in [3.8, 4) is 0 Å². The molecule has 3 amide bonds. The Balaban J connectivity index is 1.97. The molecule has 2 N–H and O–H groups in total. The quantitative estimate of drug-likeness (QED) is 0.381. The highest BCUT2D eigenvalue weighted by Crippen LogP contribution is 2.26. The minimum Gasteiger partial charge on any atom is -0.444 e. The van der Waals surface area contributed by atoms with Crippen LogP contribution in [0.4, 0.5) is 10.5 Å². The second-order valence-electron chi connectivity index (χ2n) is 10.9. The number of hydrogen-bond acceptors (Lipinski definition) is 4. The summed E-state index contributed by atoms with van der Waals surface area (Å²) in [6.07, 6.45) is -0.459. The maximum Gasteiger partial charge on any atom is 0.408 e. The lowest BCUT2D eigenvalue weighted by Gasteiger charge is -2.32. The maximum atomic E-state index is 14.0. The molecular formula is C32H39N3O4. The number of rotatable bonds is 8. The van der Waals surface area contributed by atoms with Gasteiger partial charge in [0.25, 0.3) is 5.91 Å². The molecule has 0 saturated carbocycles. The van der Waals surface area contributed by atoms with E-state index in [2.05, 4.69) is 10.6 Å². The maximum absolute atomic E-state index is 14.0. The van der Waals surface area contributed by atoms with Crippen LogP contribution in [0.15, 0.2) is 72.8 Å². The summed E-state index contributed by atoms with van der Waals surface area (Å²) in [6.45, 7) is 11.1. The smallest absolute Gasteiger partial charge is 0.408 e. The zero-order chi connectivity index (χ0) is 28.7. The summed E-state index contributed by atoms with van der Waals surface area (Å²) < 4.78 is 5.45. The fourth-order valence-electron chi connectivity index (χ4n) is 4.38. The van der Waals surface area contributed by atoms with Crippen LogP contribution in [0.25, 0.3) is 0 Å². The Hall–Kier alpha value is -4.13. The van der Waals surface area contributed by atoms with E-state index in [4.69, 9.17) is 4.74 Å². The van der Waals surface area contributed by atoms with Crippen molar-refractivity contribution in [2.45, 2.75) is 65.6 Å². The number of alkyl carbamates (subject to hydrolysis) is 1. The number of likely N-dealkylation sites (N-methyl/N-ethyl adjacent to an activating group) is 1. The van der Waals surface area contributed by atoms with Crippen molar-refractivity contribution in [1.29, 1.82) is 0 Å². The van der Waals surface area contributed by atoms with E-state index in [9.17, 15) is 14.4 Å². The Morgan fingerprint density at radius 3 is 2.00 bits per heavy atom. The Morgan fingerprint density at radius 1 is 0.846 bits per heavy atom. The molecule has 0 heterocycles. The molecule has 0 spiro atoms. The van der Waals surface area contributed by atoms with E-state index in [1.807, 2.05) is 93.6 Å². The Morgan fingerprint density at radius 2 is 1.44 bits per heavy atom. The van der Waals surface area contributed by atoms with Crippen molar-refractivity contribution in [2.24, 2.45) is 0 Å². The molecule has 0 bridgehead atoms. The predicted molar refractivity (Wildman–Crippen MR) is 155 cm³/mol. The molecule has 3 aromatic carbocycles. The van der Waals surface area contributed by atoms with Gasteiger partial charge in [-0.1, -0.05) is 78.4 Å². The molecule has 0 fully saturated rings. The van der Waals surface area contributed by atoms with E-state index in [0.717, 1.165) is 22.3 Å². The first kappa shape index (κ1) is 29.4. The Kier molecular flexibility index (Phi) is 9.51. The summed E-state index contributed by atoms with van der Waals surface area (Å²) in [5.74, 6) is -0.755. The summed E-state index contributed by atoms with van der Waals surface area (Å²) in [6, 6.07) is 20.8. The van der Waals surface area contributed by atoms with Crippen LogP contribution in [0.3, 0.4) is 0 Å². The van der Waals surface area contributed by atoms with Crippen LogP contribution in [0.2, 0.25) is 0 Å². The van der Waals surface area contributed by atoms with Crippen molar-refractivity contribution < 1.29 is 19.1 Å². The van der Waals surface area contributed by atoms with Gasteiger partial charge < -0.3 is 20.3 Å². The van der Waals surface area contributed by atoms with Crippen LogP contribution >= 0.6 is 0 Å². The molecule has 3 aromatic rings. The lowest BCUT2D eigenvalue weighted by atomic mass is 9.99. The zero-order valence-corrected chi connectivity index (χ0v) is 23.9. The monoisotopic (exact) mass is 529 g/mol. The highest BCUT2D eigenvalue weighted by Gasteiger charge is 2.34. The standard InChI is InChI=1S/C32H39N3O4/c1-21-16-18-25(19-17-21)28(29(36)34-27-22(2)12-11-13-23(27)3)35(7)30(37)26(20-24-14-9-8-10-15-24)33-31(38)39-32(4,5)6/h8-19,26,28H,20H2,1-7H3,(H,33,38)(H,34,36). The SMILES string of the molecule is Cc1ccc(C(C(=O)Nc2c(C)cccc2C)N(C)C(=O)C(Cc2ccccc2)NC(=O)OC(C)(C)C)cc1. The number of carbonyl (C=O) groups excluding carboxylic acids is 3. The van der Waals surface area contributed by atoms with Crippen LogP contribution in [0.1, 0.15) is 54.6 Å². The fraction of sp³-hybridized carbons (Fsp3) is 0.344. The van der Waals surface area contributed by atoms with E-state index in [0.29, 0.717) is 11.3 Å². The number of nitrogens with one attached hydrogen (secondary N) is 2. The first-order valence-corrected chi connectivity index (χ1v) is 13.1. The normalized spacial score (nSPS) is 12.7. The lowest BCUT2D eigenvalue weighted by molar-refractivity contribution is -0.139. The molecule has 0 aliphatic carbocycles. The van der Waals surface area contributed by atoms with Gasteiger partial charge in [-0.15, -0.1) is 0 Å². The molecule has 0 aliphatic heterocycles. The summed E-state index contributed by atoms with van der Waals surface area (Å²) in [4.78, 5) is 42.0. The number of nitrogens with zero attached hydrogens (tertiary/aromatic N) is 1. The molecule has 0 aliphatic rings. The van der Waals surface area contributed by atoms with Crippen LogP contribution in [-0.4, -0.2) is 41.5 Å². The van der Waals surface area contributed by atoms with Crippen LogP contribution < -0.4 is 10.6 Å². The van der Waals surface area contributed by atoms with Gasteiger partial charge in [-0.3, -0.25) is 9.59 Å². The Labute approximate surface area is 231 Å². The average molecular weight is 530 g/mol. The van der Waals surface area contributed by atoms with Crippen LogP contribution in [-0.2, 0) is 20.7 Å². The summed E-state index contributed by atoms with van der Waals surface area (Å²) >= 11 is 0. The van der Waals surface area contributed by atoms with Crippen molar-refractivity contribution in [3.05, 3.63) is 101 Å². The number of aryl methyl sites for hydroxylation is 3. The number of para-hydroxylation sites is 1. The number of benzene rings is 3. The third kappa shape index (κ3) is 8.18. The van der Waals surface area contributed by atoms with Gasteiger partial charge in [0.05, 0.1) is 0 Å². The molecular weight excluding hydrogens is 490 g/mol. The van der Waals surface area contributed by atoms with E-state index in [-0.39, 0.29) is 12.3 Å². The third-order valence-electron chi connectivity index (χ3n) is 6.38. The van der Waals surface area contributed by atoms with Gasteiger partial charge in [0.15, 0.2) is 0 Å². The first-order valence-electron chi connectivity index (χ1n) is 13.1. The molecule has 0 radical (unpaired) electrons. The molecule has 0 saturated heterocycles. The van der Waals surface area contributed by atoms with E-state index in [1.54, 1.807) is 27.8 Å². The number of amides is 3. The minimum absolute atomic E-state index is 0.238. The highest BCUT2D eigenvalue weighted by atomic mass is 16.6. The van der Waals surface area contributed by atoms with E-state index >= 15 is 0 Å². The largest absolute Gasteiger partial charge is 0.444 e. The van der Waals surface area contributed by atoms with Crippen molar-refractivity contribution >= 4 is 23.6 Å². The number of anilines is 1. The lowest BCUT2D eigenvalue weighted by Crippen LogP contribution is -2.52. The average Bonchev–Trinajstić information content (AvgIpc) is 2.86. The fourth-order valence-corrected chi connectivity index (χ4v) is 4.38. The van der Waals surface area contributed by atoms with Gasteiger partial charge in [0, 0.05) is 19.2 Å². The first-order chi connectivity index (χ1) is 18.4.